The molecular weight excluding hydrogens is 311 g/mol. The Balaban J connectivity index is -0.000000980. The molecule has 2 atom stereocenters. The van der Waals surface area contributed by atoms with Crippen molar-refractivity contribution in [3.05, 3.63) is 0 Å². The second-order valence-electron chi connectivity index (χ2n) is 2.87. The summed E-state index contributed by atoms with van der Waals surface area (Å²) in [6.07, 6.45) is -0.770. The third-order valence-corrected chi connectivity index (χ3v) is 5.98. The molecule has 0 aliphatic carbocycles. The Morgan fingerprint density at radius 1 is 1.35 bits per heavy atom. The van der Waals surface area contributed by atoms with Gasteiger partial charge in [0.2, 0.25) is 5.91 Å². The molecule has 0 saturated heterocycles. The van der Waals surface area contributed by atoms with Gasteiger partial charge in [-0.25, -0.2) is 0 Å². The van der Waals surface area contributed by atoms with E-state index in [0.29, 0.717) is 0 Å². The van der Waals surface area contributed by atoms with Gasteiger partial charge in [-0.2, -0.15) is 0 Å². The largest absolute Gasteiger partial charge is 2.00 e. The molecule has 0 aliphatic heterocycles. The quantitative estimate of drug-likeness (QED) is 0.386. The summed E-state index contributed by atoms with van der Waals surface area (Å²) in [5.74, 6) is -1.05. The second kappa shape index (κ2) is 8.35. The number of carbonyl (C=O) groups excluding carboxylic acids is 1. The van der Waals surface area contributed by atoms with Crippen molar-refractivity contribution in [3.8, 4) is 0 Å². The maximum atomic E-state index is 10.9. The first-order valence-corrected chi connectivity index (χ1v) is 6.95. The van der Waals surface area contributed by atoms with Crippen molar-refractivity contribution < 1.29 is 63.1 Å². The Labute approximate surface area is 151 Å². The molecule has 0 aliphatic rings. The van der Waals surface area contributed by atoms with Gasteiger partial charge in [0, 0.05) is 6.92 Å². The Morgan fingerprint density at radius 2 is 1.71 bits per heavy atom. The van der Waals surface area contributed by atoms with Crippen LogP contribution in [-0.4, -0.2) is 53.6 Å². The van der Waals surface area contributed by atoms with E-state index in [2.05, 4.69) is 0 Å². The first-order valence-electron chi connectivity index (χ1n) is 3.82. The zero-order valence-electron chi connectivity index (χ0n) is 9.71. The number of hydrogen-bond acceptors (Lipinski definition) is 6. The number of carbonyl (C=O) groups is 1. The SMILES string of the molecule is CCC(NC(C)=O)(P(=O)([O-])[O-])P(=O)([O-])O.[Ca+2].[Na+]. The first kappa shape index (κ1) is 24.1. The third kappa shape index (κ3) is 5.90. The molecule has 0 heterocycles. The number of amides is 1. The van der Waals surface area contributed by atoms with E-state index in [1.54, 1.807) is 0 Å². The number of nitrogens with one attached hydrogen (secondary N) is 1. The number of hydrogen-bond donors (Lipinski definition) is 2. The molecule has 0 fully saturated rings. The molecular formula is C5H10CaNNaO7P2. The van der Waals surface area contributed by atoms with E-state index in [-0.39, 0.29) is 67.3 Å². The van der Waals surface area contributed by atoms with Crippen molar-refractivity contribution in [2.45, 2.75) is 25.3 Å². The monoisotopic (exact) mass is 321 g/mol. The van der Waals surface area contributed by atoms with E-state index in [1.807, 2.05) is 0 Å². The predicted octanol–water partition coefficient (Wildman–Crippen LogP) is -5.73. The van der Waals surface area contributed by atoms with Gasteiger partial charge in [0.05, 0.1) is 0 Å². The van der Waals surface area contributed by atoms with Crippen LogP contribution in [0.25, 0.3) is 0 Å². The van der Waals surface area contributed by atoms with E-state index in [1.165, 1.54) is 5.32 Å². The van der Waals surface area contributed by atoms with Crippen molar-refractivity contribution in [1.82, 2.24) is 5.32 Å². The van der Waals surface area contributed by atoms with Crippen LogP contribution in [0.1, 0.15) is 20.3 Å². The molecule has 90 valence electrons. The summed E-state index contributed by atoms with van der Waals surface area (Å²) < 4.78 is 21.7. The summed E-state index contributed by atoms with van der Waals surface area (Å²) in [6.45, 7) is 1.87. The summed E-state index contributed by atoms with van der Waals surface area (Å²) >= 11 is 0. The minimum Gasteiger partial charge on any atom is -0.809 e. The molecule has 0 aromatic rings. The van der Waals surface area contributed by atoms with Crippen LogP contribution in [0.15, 0.2) is 0 Å². The maximum absolute atomic E-state index is 10.9. The molecule has 8 nitrogen and oxygen atoms in total. The van der Waals surface area contributed by atoms with Crippen LogP contribution in [-0.2, 0) is 13.9 Å². The molecule has 0 saturated carbocycles. The van der Waals surface area contributed by atoms with E-state index in [4.69, 9.17) is 4.89 Å². The molecule has 0 radical (unpaired) electrons. The van der Waals surface area contributed by atoms with Crippen molar-refractivity contribution >= 4 is 58.8 Å². The van der Waals surface area contributed by atoms with Gasteiger partial charge in [-0.3, -0.25) is 4.79 Å². The molecule has 12 heteroatoms. The predicted molar refractivity (Wildman–Crippen MR) is 50.0 cm³/mol. The summed E-state index contributed by atoms with van der Waals surface area (Å²) in [6, 6.07) is 0. The minimum atomic E-state index is -5.74. The van der Waals surface area contributed by atoms with Gasteiger partial charge in [-0.15, -0.1) is 0 Å². The summed E-state index contributed by atoms with van der Waals surface area (Å²) in [5, 5.41) is -1.69. The van der Waals surface area contributed by atoms with Crippen molar-refractivity contribution in [3.63, 3.8) is 0 Å². The maximum Gasteiger partial charge on any atom is 2.00 e. The summed E-state index contributed by atoms with van der Waals surface area (Å²) in [4.78, 5) is 51.8. The Hall–Kier alpha value is 2.03. The minimum absolute atomic E-state index is 0. The van der Waals surface area contributed by atoms with Crippen LogP contribution in [0.4, 0.5) is 0 Å². The molecule has 17 heavy (non-hydrogen) atoms. The van der Waals surface area contributed by atoms with Gasteiger partial charge in [0.25, 0.3) is 0 Å². The van der Waals surface area contributed by atoms with Crippen LogP contribution in [0, 0.1) is 0 Å². The zero-order valence-corrected chi connectivity index (χ0v) is 15.7. The van der Waals surface area contributed by atoms with Gasteiger partial charge in [-0.05, 0) is 14.0 Å². The molecule has 0 spiro atoms. The van der Waals surface area contributed by atoms with E-state index in [0.717, 1.165) is 13.8 Å². The molecule has 0 aromatic carbocycles. The molecule has 2 unspecified atom stereocenters. The fourth-order valence-electron chi connectivity index (χ4n) is 1.06. The van der Waals surface area contributed by atoms with Crippen LogP contribution < -0.4 is 49.6 Å². The molecule has 0 bridgehead atoms. The Morgan fingerprint density at radius 3 is 1.76 bits per heavy atom. The average Bonchev–Trinajstić information content (AvgIpc) is 1.94. The third-order valence-electron chi connectivity index (χ3n) is 1.79. The Bertz CT molecular complexity index is 330. The fourth-order valence-corrected chi connectivity index (χ4v) is 3.68. The topological polar surface area (TPSA) is 153 Å². The number of rotatable bonds is 4. The van der Waals surface area contributed by atoms with E-state index in [9.17, 15) is 28.6 Å². The summed E-state index contributed by atoms with van der Waals surface area (Å²) in [5.41, 5.74) is 0. The van der Waals surface area contributed by atoms with Gasteiger partial charge in [0.1, 0.15) is 5.02 Å². The second-order valence-corrected chi connectivity index (χ2v) is 6.78. The smallest absolute Gasteiger partial charge is 0.809 e. The molecule has 1 amide bonds. The van der Waals surface area contributed by atoms with Crippen LogP contribution in [0.3, 0.4) is 0 Å². The normalized spacial score (nSPS) is 17.8. The average molecular weight is 321 g/mol. The Kier molecular flexibility index (Phi) is 11.8. The van der Waals surface area contributed by atoms with Crippen molar-refractivity contribution in [2.75, 3.05) is 0 Å². The van der Waals surface area contributed by atoms with Gasteiger partial charge in [-0.1, -0.05) is 6.92 Å². The van der Waals surface area contributed by atoms with Gasteiger partial charge >= 0.3 is 67.3 Å². The molecule has 0 aromatic heterocycles. The van der Waals surface area contributed by atoms with E-state index >= 15 is 0 Å². The molecule has 0 rings (SSSR count). The van der Waals surface area contributed by atoms with Crippen LogP contribution in [0.5, 0.6) is 0 Å². The van der Waals surface area contributed by atoms with E-state index < -0.39 is 32.5 Å². The van der Waals surface area contributed by atoms with Gasteiger partial charge < -0.3 is 34.0 Å². The zero-order chi connectivity index (χ0) is 12.5. The van der Waals surface area contributed by atoms with Crippen LogP contribution >= 0.6 is 15.2 Å². The van der Waals surface area contributed by atoms with Gasteiger partial charge in [0.15, 0.2) is 7.60 Å². The summed E-state index contributed by atoms with van der Waals surface area (Å²) in [7, 11) is -11.3. The van der Waals surface area contributed by atoms with Crippen molar-refractivity contribution in [2.24, 2.45) is 0 Å². The van der Waals surface area contributed by atoms with Crippen LogP contribution in [0.2, 0.25) is 0 Å². The van der Waals surface area contributed by atoms with Crippen molar-refractivity contribution in [1.29, 1.82) is 0 Å². The fraction of sp³-hybridized carbons (Fsp3) is 0.800. The first-order chi connectivity index (χ1) is 6.48. The molecule has 2 N–H and O–H groups in total. The standard InChI is InChI=1S/C5H13NO7P2.Ca.Na/c1-3-5(6-4(2)7,14(8,9)10)15(11,12)13;;/h3H2,1-2H3,(H,6,7)(H2,8,9,10)(H2,11,12,13);;/q;+2;+1/p-3.